The van der Waals surface area contributed by atoms with Crippen molar-refractivity contribution in [2.75, 3.05) is 0 Å². The molecule has 1 aromatic carbocycles. The minimum atomic E-state index is -0.980. The zero-order chi connectivity index (χ0) is 10.1. The molecule has 1 aromatic heterocycles. The highest BCUT2D eigenvalue weighted by Crippen LogP contribution is 2.31. The lowest BCUT2D eigenvalue weighted by Crippen LogP contribution is -1.98. The van der Waals surface area contributed by atoms with Crippen LogP contribution in [0.15, 0.2) is 24.3 Å². The number of hydrogen-bond acceptors (Lipinski definition) is 3. The molecule has 2 aromatic rings. The normalized spacial score (nSPS) is 10.6. The van der Waals surface area contributed by atoms with Crippen molar-refractivity contribution in [3.63, 3.8) is 0 Å². The minimum absolute atomic E-state index is 0.221. The number of aliphatic hydroxyl groups is 1. The van der Waals surface area contributed by atoms with Gasteiger partial charge in [-0.25, -0.2) is 4.79 Å². The highest BCUT2D eigenvalue weighted by atomic mass is 32.1. The monoisotopic (exact) mass is 208 g/mol. The van der Waals surface area contributed by atoms with Crippen LogP contribution in [0.25, 0.3) is 10.1 Å². The van der Waals surface area contributed by atoms with Gasteiger partial charge in [0.15, 0.2) is 0 Å². The lowest BCUT2D eigenvalue weighted by atomic mass is 10.1. The number of thiophene rings is 1. The molecule has 1 heterocycles. The lowest BCUT2D eigenvalue weighted by molar-refractivity contribution is 0.0696. The fourth-order valence-corrected chi connectivity index (χ4v) is 2.50. The smallest absolute Gasteiger partial charge is 0.337 e. The van der Waals surface area contributed by atoms with Crippen LogP contribution >= 0.6 is 11.3 Å². The van der Waals surface area contributed by atoms with Crippen molar-refractivity contribution in [2.45, 2.75) is 6.61 Å². The summed E-state index contributed by atoms with van der Waals surface area (Å²) in [6, 6.07) is 7.26. The SMILES string of the molecule is O=C(O)c1c(CO)sc2ccccc12. The van der Waals surface area contributed by atoms with E-state index in [1.165, 1.54) is 11.3 Å². The Hall–Kier alpha value is -1.39. The summed E-state index contributed by atoms with van der Waals surface area (Å²) in [6.07, 6.45) is 0. The van der Waals surface area contributed by atoms with Crippen LogP contribution in [-0.2, 0) is 6.61 Å². The van der Waals surface area contributed by atoms with Crippen molar-refractivity contribution >= 4 is 27.4 Å². The van der Waals surface area contributed by atoms with E-state index in [1.54, 1.807) is 12.1 Å². The molecule has 0 spiro atoms. The van der Waals surface area contributed by atoms with E-state index in [1.807, 2.05) is 12.1 Å². The van der Waals surface area contributed by atoms with E-state index < -0.39 is 5.97 Å². The van der Waals surface area contributed by atoms with E-state index in [-0.39, 0.29) is 12.2 Å². The quantitative estimate of drug-likeness (QED) is 0.794. The van der Waals surface area contributed by atoms with E-state index in [0.717, 1.165) is 4.70 Å². The molecule has 4 heteroatoms. The Morgan fingerprint density at radius 3 is 2.71 bits per heavy atom. The van der Waals surface area contributed by atoms with Gasteiger partial charge in [-0.2, -0.15) is 0 Å². The lowest BCUT2D eigenvalue weighted by Gasteiger charge is -1.94. The number of aliphatic hydroxyl groups excluding tert-OH is 1. The molecule has 0 aliphatic rings. The average molecular weight is 208 g/mol. The second-order valence-corrected chi connectivity index (χ2v) is 4.00. The van der Waals surface area contributed by atoms with Crippen LogP contribution in [0, 0.1) is 0 Å². The highest BCUT2D eigenvalue weighted by molar-refractivity contribution is 7.19. The number of fused-ring (bicyclic) bond motifs is 1. The minimum Gasteiger partial charge on any atom is -0.478 e. The van der Waals surface area contributed by atoms with Crippen LogP contribution in [0.4, 0.5) is 0 Å². The van der Waals surface area contributed by atoms with Crippen LogP contribution in [0.1, 0.15) is 15.2 Å². The van der Waals surface area contributed by atoms with Gasteiger partial charge in [0.25, 0.3) is 0 Å². The van der Waals surface area contributed by atoms with E-state index in [9.17, 15) is 4.79 Å². The van der Waals surface area contributed by atoms with Gasteiger partial charge in [-0.1, -0.05) is 18.2 Å². The van der Waals surface area contributed by atoms with Gasteiger partial charge in [0.1, 0.15) is 0 Å². The van der Waals surface area contributed by atoms with Gasteiger partial charge < -0.3 is 10.2 Å². The molecule has 0 unspecified atom stereocenters. The maximum Gasteiger partial charge on any atom is 0.337 e. The van der Waals surface area contributed by atoms with Gasteiger partial charge in [-0.3, -0.25) is 0 Å². The van der Waals surface area contributed by atoms with Gasteiger partial charge >= 0.3 is 5.97 Å². The molecule has 0 amide bonds. The van der Waals surface area contributed by atoms with Crippen molar-refractivity contribution in [3.8, 4) is 0 Å². The number of rotatable bonds is 2. The molecule has 2 rings (SSSR count). The highest BCUT2D eigenvalue weighted by Gasteiger charge is 2.16. The van der Waals surface area contributed by atoms with Crippen LogP contribution in [0.3, 0.4) is 0 Å². The van der Waals surface area contributed by atoms with Gasteiger partial charge in [-0.05, 0) is 6.07 Å². The number of carboxylic acids is 1. The summed E-state index contributed by atoms with van der Waals surface area (Å²) in [5.74, 6) is -0.980. The summed E-state index contributed by atoms with van der Waals surface area (Å²) in [4.78, 5) is 11.5. The van der Waals surface area contributed by atoms with Gasteiger partial charge in [-0.15, -0.1) is 11.3 Å². The number of hydrogen-bond donors (Lipinski definition) is 2. The Kier molecular flexibility index (Phi) is 2.23. The predicted molar refractivity (Wildman–Crippen MR) is 54.7 cm³/mol. The Balaban J connectivity index is 2.81. The third kappa shape index (κ3) is 1.29. The third-order valence-corrected chi connectivity index (χ3v) is 3.18. The first-order valence-corrected chi connectivity index (χ1v) is 4.90. The van der Waals surface area contributed by atoms with E-state index in [2.05, 4.69) is 0 Å². The van der Waals surface area contributed by atoms with Crippen LogP contribution in [0.2, 0.25) is 0 Å². The Morgan fingerprint density at radius 2 is 2.07 bits per heavy atom. The molecule has 14 heavy (non-hydrogen) atoms. The van der Waals surface area contributed by atoms with Crippen molar-refractivity contribution < 1.29 is 15.0 Å². The van der Waals surface area contributed by atoms with E-state index in [4.69, 9.17) is 10.2 Å². The summed E-state index contributed by atoms with van der Waals surface area (Å²) in [5.41, 5.74) is 0.230. The molecular formula is C10H8O3S. The van der Waals surface area contributed by atoms with E-state index in [0.29, 0.717) is 10.3 Å². The molecule has 72 valence electrons. The van der Waals surface area contributed by atoms with Crippen molar-refractivity contribution in [2.24, 2.45) is 0 Å². The molecule has 0 aliphatic heterocycles. The molecule has 2 N–H and O–H groups in total. The second-order valence-electron chi connectivity index (χ2n) is 2.86. The van der Waals surface area contributed by atoms with Crippen LogP contribution < -0.4 is 0 Å². The number of carbonyl (C=O) groups is 1. The summed E-state index contributed by atoms with van der Waals surface area (Å²) in [7, 11) is 0. The third-order valence-electron chi connectivity index (χ3n) is 2.03. The summed E-state index contributed by atoms with van der Waals surface area (Å²) >= 11 is 1.32. The topological polar surface area (TPSA) is 57.5 Å². The first-order chi connectivity index (χ1) is 6.74. The largest absolute Gasteiger partial charge is 0.478 e. The molecule has 3 nitrogen and oxygen atoms in total. The molecule has 0 aliphatic carbocycles. The number of carboxylic acid groups (broad SMARTS) is 1. The molecule has 0 bridgehead atoms. The molecule has 0 saturated heterocycles. The zero-order valence-corrected chi connectivity index (χ0v) is 8.04. The number of aromatic carboxylic acids is 1. The Morgan fingerprint density at radius 1 is 1.36 bits per heavy atom. The average Bonchev–Trinajstić information content (AvgIpc) is 2.55. The first kappa shape index (κ1) is 9.18. The van der Waals surface area contributed by atoms with Crippen molar-refractivity contribution in [1.82, 2.24) is 0 Å². The summed E-state index contributed by atoms with van der Waals surface area (Å²) in [6.45, 7) is -0.221. The van der Waals surface area contributed by atoms with Crippen molar-refractivity contribution in [1.29, 1.82) is 0 Å². The Bertz CT molecular complexity index is 487. The molecule has 0 atom stereocenters. The summed E-state index contributed by atoms with van der Waals surface area (Å²) in [5, 5.41) is 18.7. The van der Waals surface area contributed by atoms with Crippen LogP contribution in [-0.4, -0.2) is 16.2 Å². The molecular weight excluding hydrogens is 200 g/mol. The fourth-order valence-electron chi connectivity index (χ4n) is 1.44. The molecule has 0 saturated carbocycles. The first-order valence-electron chi connectivity index (χ1n) is 4.08. The predicted octanol–water partition coefficient (Wildman–Crippen LogP) is 2.09. The van der Waals surface area contributed by atoms with Gasteiger partial charge in [0.05, 0.1) is 12.2 Å². The maximum absolute atomic E-state index is 11.0. The molecule has 0 fully saturated rings. The summed E-state index contributed by atoms with van der Waals surface area (Å²) < 4.78 is 0.897. The van der Waals surface area contributed by atoms with Crippen LogP contribution in [0.5, 0.6) is 0 Å². The molecule has 0 radical (unpaired) electrons. The zero-order valence-electron chi connectivity index (χ0n) is 7.23. The van der Waals surface area contributed by atoms with Gasteiger partial charge in [0, 0.05) is 15.0 Å². The van der Waals surface area contributed by atoms with E-state index >= 15 is 0 Å². The number of benzene rings is 1. The fraction of sp³-hybridized carbons (Fsp3) is 0.100. The van der Waals surface area contributed by atoms with Crippen molar-refractivity contribution in [3.05, 3.63) is 34.7 Å². The Labute approximate surface area is 84.2 Å². The second kappa shape index (κ2) is 3.40. The standard InChI is InChI=1S/C10H8O3S/c11-5-8-9(10(12)13)6-3-1-2-4-7(6)14-8/h1-4,11H,5H2,(H,12,13). The maximum atomic E-state index is 11.0. The van der Waals surface area contributed by atoms with Gasteiger partial charge in [0.2, 0.25) is 0 Å².